The molecule has 0 aliphatic heterocycles. The molecule has 0 atom stereocenters. The second-order valence-corrected chi connectivity index (χ2v) is 6.57. The molecule has 0 amide bonds. The number of fused-ring (bicyclic) bond motifs is 3. The van der Waals surface area contributed by atoms with E-state index in [-0.39, 0.29) is 11.6 Å². The van der Waals surface area contributed by atoms with Crippen molar-refractivity contribution in [1.82, 2.24) is 4.57 Å². The van der Waals surface area contributed by atoms with Crippen LogP contribution in [-0.2, 0) is 0 Å². The lowest BCUT2D eigenvalue weighted by molar-refractivity contribution is 0.628. The summed E-state index contributed by atoms with van der Waals surface area (Å²) in [7, 11) is 0. The zero-order valence-corrected chi connectivity index (χ0v) is 14.4. The first-order valence-electron chi connectivity index (χ1n) is 8.76. The van der Waals surface area contributed by atoms with Gasteiger partial charge in [-0.2, -0.15) is 0 Å². The minimum atomic E-state index is -0.330. The Kier molecular flexibility index (Phi) is 3.54. The fourth-order valence-electron chi connectivity index (χ4n) is 3.70. The summed E-state index contributed by atoms with van der Waals surface area (Å²) in [5.41, 5.74) is 4.86. The van der Waals surface area contributed by atoms with Crippen LogP contribution >= 0.6 is 0 Å². The molecule has 0 fully saturated rings. The van der Waals surface area contributed by atoms with Gasteiger partial charge in [-0.05, 0) is 59.7 Å². The van der Waals surface area contributed by atoms with Crippen molar-refractivity contribution in [2.75, 3.05) is 0 Å². The van der Waals surface area contributed by atoms with Crippen molar-refractivity contribution in [3.8, 4) is 16.8 Å². The third kappa shape index (κ3) is 2.59. The Bertz CT molecular complexity index is 1230. The quantitative estimate of drug-likeness (QED) is 0.331. The first-order valence-corrected chi connectivity index (χ1v) is 8.76. The van der Waals surface area contributed by atoms with E-state index in [4.69, 9.17) is 0 Å². The van der Waals surface area contributed by atoms with Crippen LogP contribution in [-0.4, -0.2) is 4.57 Å². The summed E-state index contributed by atoms with van der Waals surface area (Å²) in [4.78, 5) is 0. The van der Waals surface area contributed by atoms with E-state index in [1.807, 2.05) is 30.3 Å². The molecule has 0 aliphatic rings. The SMILES string of the molecule is Fc1ccc2c(c1)c1cc(F)ccc1n2-c1cccc(-c2ccccc2)c1. The second kappa shape index (κ2) is 6.06. The van der Waals surface area contributed by atoms with Gasteiger partial charge in [0.1, 0.15) is 11.6 Å². The summed E-state index contributed by atoms with van der Waals surface area (Å²) in [6, 6.07) is 27.6. The fourth-order valence-corrected chi connectivity index (χ4v) is 3.70. The van der Waals surface area contributed by atoms with Crippen LogP contribution in [0, 0.1) is 11.6 Å². The highest BCUT2D eigenvalue weighted by Gasteiger charge is 2.14. The van der Waals surface area contributed by atoms with E-state index < -0.39 is 0 Å². The molecule has 3 heteroatoms. The molecule has 5 rings (SSSR count). The minimum absolute atomic E-state index is 0.330. The minimum Gasteiger partial charge on any atom is -0.309 e. The van der Waals surface area contributed by atoms with Gasteiger partial charge < -0.3 is 4.57 Å². The van der Waals surface area contributed by atoms with Crippen LogP contribution < -0.4 is 0 Å². The van der Waals surface area contributed by atoms with Gasteiger partial charge in [0.15, 0.2) is 0 Å². The van der Waals surface area contributed by atoms with Gasteiger partial charge in [-0.1, -0.05) is 42.5 Å². The van der Waals surface area contributed by atoms with Crippen LogP contribution in [0.5, 0.6) is 0 Å². The molecule has 1 aromatic heterocycles. The van der Waals surface area contributed by atoms with Crippen molar-refractivity contribution >= 4 is 21.8 Å². The third-order valence-corrected chi connectivity index (χ3v) is 4.90. The number of nitrogens with zero attached hydrogens (tertiary/aromatic N) is 1. The molecule has 0 radical (unpaired) electrons. The summed E-state index contributed by atoms with van der Waals surface area (Å²) in [6.45, 7) is 0. The molecule has 0 aliphatic carbocycles. The van der Waals surface area contributed by atoms with Crippen LogP contribution in [0.1, 0.15) is 0 Å². The number of hydrogen-bond acceptors (Lipinski definition) is 0. The third-order valence-electron chi connectivity index (χ3n) is 4.90. The van der Waals surface area contributed by atoms with Crippen molar-refractivity contribution < 1.29 is 8.78 Å². The van der Waals surface area contributed by atoms with E-state index in [2.05, 4.69) is 28.8 Å². The van der Waals surface area contributed by atoms with Crippen molar-refractivity contribution in [2.45, 2.75) is 0 Å². The maximum atomic E-state index is 13.9. The topological polar surface area (TPSA) is 4.93 Å². The smallest absolute Gasteiger partial charge is 0.123 e. The van der Waals surface area contributed by atoms with E-state index >= 15 is 0 Å². The van der Waals surface area contributed by atoms with Crippen molar-refractivity contribution in [1.29, 1.82) is 0 Å². The van der Waals surface area contributed by atoms with Crippen LogP contribution in [0.15, 0.2) is 91.0 Å². The zero-order valence-electron chi connectivity index (χ0n) is 14.4. The van der Waals surface area contributed by atoms with Gasteiger partial charge in [-0.25, -0.2) is 8.78 Å². The Balaban J connectivity index is 1.83. The molecule has 1 nitrogen and oxygen atoms in total. The second-order valence-electron chi connectivity index (χ2n) is 6.57. The molecule has 0 unspecified atom stereocenters. The molecule has 27 heavy (non-hydrogen) atoms. The fraction of sp³-hybridized carbons (Fsp3) is 0. The molecular weight excluding hydrogens is 340 g/mol. The zero-order chi connectivity index (χ0) is 18.4. The van der Waals surface area contributed by atoms with Crippen molar-refractivity contribution in [2.24, 2.45) is 0 Å². The van der Waals surface area contributed by atoms with Gasteiger partial charge >= 0.3 is 0 Å². The average molecular weight is 355 g/mol. The number of aromatic nitrogens is 1. The lowest BCUT2D eigenvalue weighted by Crippen LogP contribution is -1.94. The largest absolute Gasteiger partial charge is 0.309 e. The van der Waals surface area contributed by atoms with Crippen LogP contribution in [0.4, 0.5) is 8.78 Å². The number of benzene rings is 4. The molecular formula is C24H15F2N. The molecule has 0 spiro atoms. The van der Waals surface area contributed by atoms with Gasteiger partial charge in [0.2, 0.25) is 0 Å². The molecule has 0 saturated heterocycles. The summed E-state index contributed by atoms with van der Waals surface area (Å²) in [5.74, 6) is -0.660. The number of rotatable bonds is 2. The monoisotopic (exact) mass is 355 g/mol. The standard InChI is InChI=1S/C24H15F2N/c25-18-9-11-23-21(14-18)22-15-19(26)10-12-24(22)27(23)20-8-4-7-17(13-20)16-5-2-1-3-6-16/h1-15H. The predicted molar refractivity (Wildman–Crippen MR) is 106 cm³/mol. The summed E-state index contributed by atoms with van der Waals surface area (Å²) in [6.07, 6.45) is 0. The highest BCUT2D eigenvalue weighted by atomic mass is 19.1. The Hall–Kier alpha value is -3.46. The normalized spacial score (nSPS) is 11.3. The van der Waals surface area contributed by atoms with Gasteiger partial charge in [0, 0.05) is 16.5 Å². The Morgan fingerprint density at radius 2 is 1.11 bits per heavy atom. The summed E-state index contributed by atoms with van der Waals surface area (Å²) in [5, 5.41) is 1.41. The summed E-state index contributed by atoms with van der Waals surface area (Å²) >= 11 is 0. The molecule has 0 N–H and O–H groups in total. The van der Waals surface area contributed by atoms with E-state index in [1.54, 1.807) is 12.1 Å². The first-order chi connectivity index (χ1) is 13.2. The molecule has 130 valence electrons. The number of halogens is 2. The van der Waals surface area contributed by atoms with Crippen molar-refractivity contribution in [3.05, 3.63) is 103 Å². The van der Waals surface area contributed by atoms with E-state index in [1.165, 1.54) is 24.3 Å². The highest BCUT2D eigenvalue weighted by Crippen LogP contribution is 2.34. The van der Waals surface area contributed by atoms with Crippen LogP contribution in [0.2, 0.25) is 0 Å². The number of hydrogen-bond donors (Lipinski definition) is 0. The van der Waals surface area contributed by atoms with Gasteiger partial charge in [-0.15, -0.1) is 0 Å². The highest BCUT2D eigenvalue weighted by molar-refractivity contribution is 6.09. The molecule has 4 aromatic carbocycles. The molecule has 1 heterocycles. The molecule has 0 bridgehead atoms. The van der Waals surface area contributed by atoms with Gasteiger partial charge in [-0.3, -0.25) is 0 Å². The Labute approximate surface area is 155 Å². The lowest BCUT2D eigenvalue weighted by atomic mass is 10.1. The Morgan fingerprint density at radius 3 is 1.74 bits per heavy atom. The maximum Gasteiger partial charge on any atom is 0.123 e. The van der Waals surface area contributed by atoms with Crippen molar-refractivity contribution in [3.63, 3.8) is 0 Å². The van der Waals surface area contributed by atoms with Gasteiger partial charge in [0.05, 0.1) is 11.0 Å². The maximum absolute atomic E-state index is 13.9. The average Bonchev–Trinajstić information content (AvgIpc) is 3.02. The van der Waals surface area contributed by atoms with E-state index in [0.717, 1.165) is 27.8 Å². The predicted octanol–water partition coefficient (Wildman–Crippen LogP) is 6.73. The molecule has 0 saturated carbocycles. The molecule has 5 aromatic rings. The van der Waals surface area contributed by atoms with Gasteiger partial charge in [0.25, 0.3) is 0 Å². The van der Waals surface area contributed by atoms with Crippen LogP contribution in [0.3, 0.4) is 0 Å². The van der Waals surface area contributed by atoms with E-state index in [0.29, 0.717) is 10.8 Å². The first kappa shape index (κ1) is 15.8. The van der Waals surface area contributed by atoms with E-state index in [9.17, 15) is 8.78 Å². The summed E-state index contributed by atoms with van der Waals surface area (Å²) < 4.78 is 29.8. The lowest BCUT2D eigenvalue weighted by Gasteiger charge is -2.10. The Morgan fingerprint density at radius 1 is 0.519 bits per heavy atom. The van der Waals surface area contributed by atoms with Crippen LogP contribution in [0.25, 0.3) is 38.6 Å².